The predicted octanol–water partition coefficient (Wildman–Crippen LogP) is -0.0100. The maximum atomic E-state index is 10.1. The summed E-state index contributed by atoms with van der Waals surface area (Å²) in [6.45, 7) is 1.78. The number of carboxylic acid groups (broad SMARTS) is 1. The van der Waals surface area contributed by atoms with Crippen LogP contribution in [0.25, 0.3) is 0 Å². The number of aliphatic carboxylic acids is 1. The summed E-state index contributed by atoms with van der Waals surface area (Å²) in [7, 11) is 0. The first-order chi connectivity index (χ1) is 5.13. The third-order valence-corrected chi connectivity index (χ3v) is 1.21. The van der Waals surface area contributed by atoms with E-state index in [9.17, 15) is 9.59 Å². The van der Waals surface area contributed by atoms with Gasteiger partial charge in [-0.2, -0.15) is 0 Å². The first-order valence-electron chi connectivity index (χ1n) is 3.28. The summed E-state index contributed by atoms with van der Waals surface area (Å²) in [6.07, 6.45) is -0.793. The highest BCUT2D eigenvalue weighted by molar-refractivity contribution is 5.79. The minimum Gasteiger partial charge on any atom is -0.479 e. The molecule has 0 aromatic heterocycles. The first kappa shape index (κ1) is 9.88. The largest absolute Gasteiger partial charge is 0.479 e. The summed E-state index contributed by atoms with van der Waals surface area (Å²) < 4.78 is 0. The molecule has 0 radical (unpaired) electrons. The molecule has 0 aliphatic rings. The summed E-state index contributed by atoms with van der Waals surface area (Å²) in [4.78, 5) is 20.2. The fraction of sp³-hybridized carbons (Fsp3) is 0.571. The van der Waals surface area contributed by atoms with Gasteiger partial charge in [0.1, 0.15) is 5.94 Å². The van der Waals surface area contributed by atoms with Crippen LogP contribution >= 0.6 is 0 Å². The third kappa shape index (κ3) is 2.98. The second kappa shape index (κ2) is 4.66. The Morgan fingerprint density at radius 2 is 2.18 bits per heavy atom. The maximum Gasteiger partial charge on any atom is 0.337 e. The Balaban J connectivity index is 4.28. The number of hydrogen-bond acceptors (Lipinski definition) is 3. The number of aliphatic hydroxyl groups excluding tert-OH is 1. The summed E-state index contributed by atoms with van der Waals surface area (Å²) >= 11 is 0. The van der Waals surface area contributed by atoms with Gasteiger partial charge in [-0.15, -0.1) is 0 Å². The molecule has 0 aromatic carbocycles. The Morgan fingerprint density at radius 1 is 1.64 bits per heavy atom. The second-order valence-electron chi connectivity index (χ2n) is 2.12. The van der Waals surface area contributed by atoms with Crippen molar-refractivity contribution in [3.05, 3.63) is 5.57 Å². The zero-order valence-corrected chi connectivity index (χ0v) is 6.20. The van der Waals surface area contributed by atoms with Crippen molar-refractivity contribution < 1.29 is 19.8 Å². The van der Waals surface area contributed by atoms with Crippen molar-refractivity contribution in [2.45, 2.75) is 25.9 Å². The van der Waals surface area contributed by atoms with Crippen molar-refractivity contribution in [3.8, 4) is 0 Å². The number of carbonyl (C=O) groups excluding carboxylic acids is 1. The van der Waals surface area contributed by atoms with Gasteiger partial charge in [0.05, 0.1) is 5.57 Å². The van der Waals surface area contributed by atoms with Crippen molar-refractivity contribution in [1.82, 2.24) is 0 Å². The molecule has 1 atom stereocenters. The van der Waals surface area contributed by atoms with Gasteiger partial charge in [-0.3, -0.25) is 0 Å². The molecule has 0 fully saturated rings. The Morgan fingerprint density at radius 3 is 2.45 bits per heavy atom. The normalized spacial score (nSPS) is 11.8. The summed E-state index contributed by atoms with van der Waals surface area (Å²) in [5, 5.41) is 17.1. The van der Waals surface area contributed by atoms with Crippen molar-refractivity contribution in [2.24, 2.45) is 0 Å². The average molecular weight is 158 g/mol. The fourth-order valence-electron chi connectivity index (χ4n) is 0.662. The lowest BCUT2D eigenvalue weighted by Crippen LogP contribution is -2.22. The number of hydrogen-bond donors (Lipinski definition) is 2. The van der Waals surface area contributed by atoms with Crippen molar-refractivity contribution >= 4 is 11.9 Å². The van der Waals surface area contributed by atoms with Gasteiger partial charge in [0, 0.05) is 0 Å². The van der Waals surface area contributed by atoms with Gasteiger partial charge in [0.15, 0.2) is 6.10 Å². The molecule has 1 unspecified atom stereocenters. The second-order valence-corrected chi connectivity index (χ2v) is 2.12. The molecule has 0 aromatic rings. The van der Waals surface area contributed by atoms with Gasteiger partial charge in [0.2, 0.25) is 0 Å². The summed E-state index contributed by atoms with van der Waals surface area (Å²) in [6, 6.07) is 0. The highest BCUT2D eigenvalue weighted by Gasteiger charge is 2.18. The van der Waals surface area contributed by atoms with Crippen LogP contribution in [-0.2, 0) is 9.59 Å². The smallest absolute Gasteiger partial charge is 0.337 e. The van der Waals surface area contributed by atoms with Gasteiger partial charge in [-0.25, -0.2) is 9.59 Å². The van der Waals surface area contributed by atoms with Crippen LogP contribution in [0.5, 0.6) is 0 Å². The van der Waals surface area contributed by atoms with Crippen molar-refractivity contribution in [2.75, 3.05) is 0 Å². The maximum absolute atomic E-state index is 10.1. The van der Waals surface area contributed by atoms with Crippen LogP contribution in [0, 0.1) is 0 Å². The molecule has 0 heterocycles. The van der Waals surface area contributed by atoms with Gasteiger partial charge in [0.25, 0.3) is 0 Å². The quantitative estimate of drug-likeness (QED) is 0.564. The van der Waals surface area contributed by atoms with E-state index in [1.54, 1.807) is 6.92 Å². The molecule has 4 heteroatoms. The highest BCUT2D eigenvalue weighted by atomic mass is 16.4. The van der Waals surface area contributed by atoms with Crippen LogP contribution in [-0.4, -0.2) is 28.2 Å². The lowest BCUT2D eigenvalue weighted by atomic mass is 10.1. The standard InChI is InChI=1S/C7H10O4/c1-2-3-5(4-8)6(9)7(10)11/h6,9H,2-3H2,1H3,(H,10,11). The van der Waals surface area contributed by atoms with Crippen LogP contribution in [0.1, 0.15) is 19.8 Å². The van der Waals surface area contributed by atoms with Crippen LogP contribution in [0.4, 0.5) is 0 Å². The zero-order chi connectivity index (χ0) is 8.85. The SMILES string of the molecule is CCCC(=C=O)C(O)C(=O)O. The Bertz CT molecular complexity index is 191. The lowest BCUT2D eigenvalue weighted by Gasteiger charge is -2.03. The summed E-state index contributed by atoms with van der Waals surface area (Å²) in [5.41, 5.74) is -0.0972. The number of carbonyl (C=O) groups is 1. The first-order valence-corrected chi connectivity index (χ1v) is 3.28. The topological polar surface area (TPSA) is 74.6 Å². The van der Waals surface area contributed by atoms with E-state index in [0.717, 1.165) is 0 Å². The van der Waals surface area contributed by atoms with Crippen molar-refractivity contribution in [3.63, 3.8) is 0 Å². The molecule has 0 amide bonds. The third-order valence-electron chi connectivity index (χ3n) is 1.21. The zero-order valence-electron chi connectivity index (χ0n) is 6.20. The lowest BCUT2D eigenvalue weighted by molar-refractivity contribution is -0.144. The molecule has 0 rings (SSSR count). The summed E-state index contributed by atoms with van der Waals surface area (Å²) in [5.74, 6) is 0.0142. The molecule has 0 spiro atoms. The average Bonchev–Trinajstić information content (AvgIpc) is 1.98. The fourth-order valence-corrected chi connectivity index (χ4v) is 0.662. The number of carboxylic acids is 1. The van der Waals surface area contributed by atoms with Crippen LogP contribution in [0.3, 0.4) is 0 Å². The molecular formula is C7H10O4. The molecule has 2 N–H and O–H groups in total. The van der Waals surface area contributed by atoms with E-state index >= 15 is 0 Å². The Hall–Kier alpha value is -1.12. The van der Waals surface area contributed by atoms with Gasteiger partial charge in [-0.05, 0) is 6.42 Å². The van der Waals surface area contributed by atoms with E-state index in [0.29, 0.717) is 6.42 Å². The van der Waals surface area contributed by atoms with Crippen LogP contribution < -0.4 is 0 Å². The van der Waals surface area contributed by atoms with E-state index in [-0.39, 0.29) is 12.0 Å². The van der Waals surface area contributed by atoms with Crippen molar-refractivity contribution in [1.29, 1.82) is 0 Å². The minimum absolute atomic E-state index is 0.0972. The molecule has 0 bridgehead atoms. The van der Waals surface area contributed by atoms with Crippen LogP contribution in [0.2, 0.25) is 0 Å². The molecule has 62 valence electrons. The highest BCUT2D eigenvalue weighted by Crippen LogP contribution is 2.06. The van der Waals surface area contributed by atoms with E-state index in [2.05, 4.69) is 0 Å². The monoisotopic (exact) mass is 158 g/mol. The molecule has 0 aliphatic carbocycles. The molecular weight excluding hydrogens is 148 g/mol. The molecule has 4 nitrogen and oxygen atoms in total. The van der Waals surface area contributed by atoms with Gasteiger partial charge in [-0.1, -0.05) is 13.3 Å². The van der Waals surface area contributed by atoms with E-state index < -0.39 is 12.1 Å². The molecule has 11 heavy (non-hydrogen) atoms. The molecule has 0 saturated heterocycles. The number of aliphatic hydroxyl groups is 1. The Labute approximate surface area is 64.2 Å². The molecule has 0 aliphatic heterocycles. The molecule has 0 saturated carbocycles. The predicted molar refractivity (Wildman–Crippen MR) is 37.8 cm³/mol. The van der Waals surface area contributed by atoms with E-state index in [1.807, 2.05) is 0 Å². The van der Waals surface area contributed by atoms with E-state index in [4.69, 9.17) is 10.2 Å². The van der Waals surface area contributed by atoms with Gasteiger partial charge < -0.3 is 10.2 Å². The van der Waals surface area contributed by atoms with Crippen LogP contribution in [0.15, 0.2) is 5.57 Å². The number of rotatable bonds is 4. The minimum atomic E-state index is -1.69. The van der Waals surface area contributed by atoms with E-state index in [1.165, 1.54) is 5.94 Å². The van der Waals surface area contributed by atoms with Gasteiger partial charge >= 0.3 is 5.97 Å². The Kier molecular flexibility index (Phi) is 4.18.